The van der Waals surface area contributed by atoms with E-state index in [0.29, 0.717) is 6.42 Å². The molecule has 0 fully saturated rings. The molecule has 0 aliphatic rings. The number of rotatable bonds is 31. The lowest BCUT2D eigenvalue weighted by Crippen LogP contribution is -2.48. The Morgan fingerprint density at radius 2 is 0.975 bits per heavy atom. The predicted octanol–water partition coefficient (Wildman–Crippen LogP) is 8.92. The Morgan fingerprint density at radius 1 is 0.600 bits per heavy atom. The molecule has 0 aromatic rings. The van der Waals surface area contributed by atoms with E-state index in [4.69, 9.17) is 0 Å². The molecule has 5 heteroatoms. The monoisotopic (exact) mass is 568 g/mol. The van der Waals surface area contributed by atoms with Gasteiger partial charge in [0.25, 0.3) is 0 Å². The first-order chi connectivity index (χ1) is 19.6. The van der Waals surface area contributed by atoms with Crippen molar-refractivity contribution in [1.29, 1.82) is 0 Å². The minimum absolute atomic E-state index is 0.360. The highest BCUT2D eigenvalue weighted by Gasteiger charge is 2.22. The van der Waals surface area contributed by atoms with Crippen molar-refractivity contribution in [2.75, 3.05) is 6.61 Å². The van der Waals surface area contributed by atoms with Crippen molar-refractivity contribution in [3.63, 3.8) is 0 Å². The maximum absolute atomic E-state index is 12.3. The van der Waals surface area contributed by atoms with Crippen LogP contribution in [-0.2, 0) is 4.79 Å². The van der Waals surface area contributed by atoms with Crippen LogP contribution in [0.25, 0.3) is 0 Å². The van der Waals surface area contributed by atoms with Crippen molar-refractivity contribution in [2.45, 2.75) is 199 Å². The molecule has 0 bridgehead atoms. The minimum Gasteiger partial charge on any atom is -0.394 e. The molecule has 0 radical (unpaired) electrons. The first-order valence-corrected chi connectivity index (χ1v) is 17.5. The molecule has 0 saturated carbocycles. The smallest absolute Gasteiger partial charge is 0.249 e. The second-order valence-electron chi connectivity index (χ2n) is 12.1. The second kappa shape index (κ2) is 31.0. The fourth-order valence-corrected chi connectivity index (χ4v) is 5.30. The van der Waals surface area contributed by atoms with Crippen molar-refractivity contribution in [2.24, 2.45) is 0 Å². The van der Waals surface area contributed by atoms with Gasteiger partial charge in [0.15, 0.2) is 0 Å². The molecule has 40 heavy (non-hydrogen) atoms. The number of hydrogen-bond donors (Lipinski definition) is 4. The van der Waals surface area contributed by atoms with E-state index in [2.05, 4.69) is 19.2 Å². The molecule has 238 valence electrons. The van der Waals surface area contributed by atoms with Crippen LogP contribution < -0.4 is 5.32 Å². The quantitative estimate of drug-likeness (QED) is 0.0497. The van der Waals surface area contributed by atoms with Crippen molar-refractivity contribution in [1.82, 2.24) is 5.32 Å². The topological polar surface area (TPSA) is 89.8 Å². The molecule has 3 atom stereocenters. The molecule has 0 aliphatic heterocycles. The van der Waals surface area contributed by atoms with Gasteiger partial charge in [-0.1, -0.05) is 174 Å². The van der Waals surface area contributed by atoms with Crippen LogP contribution in [0.5, 0.6) is 0 Å². The maximum atomic E-state index is 12.3. The van der Waals surface area contributed by atoms with Gasteiger partial charge in [0.05, 0.1) is 18.8 Å². The van der Waals surface area contributed by atoms with Gasteiger partial charge in [-0.15, -0.1) is 0 Å². The molecule has 0 aromatic carbocycles. The number of carbonyl (C=O) groups is 1. The van der Waals surface area contributed by atoms with E-state index in [0.717, 1.165) is 32.1 Å². The molecule has 0 spiro atoms. The van der Waals surface area contributed by atoms with Gasteiger partial charge >= 0.3 is 0 Å². The first-order valence-electron chi connectivity index (χ1n) is 17.5. The molecule has 0 rings (SSSR count). The number of allylic oxidation sites excluding steroid dienone is 1. The third kappa shape index (κ3) is 26.0. The van der Waals surface area contributed by atoms with E-state index < -0.39 is 24.2 Å². The van der Waals surface area contributed by atoms with Gasteiger partial charge in [-0.3, -0.25) is 4.79 Å². The van der Waals surface area contributed by atoms with Crippen LogP contribution in [0.1, 0.15) is 181 Å². The Bertz CT molecular complexity index is 554. The first kappa shape index (κ1) is 39.1. The van der Waals surface area contributed by atoms with Crippen LogP contribution in [0.15, 0.2) is 12.2 Å². The molecule has 0 saturated heterocycles. The van der Waals surface area contributed by atoms with Gasteiger partial charge in [0.2, 0.25) is 5.91 Å². The summed E-state index contributed by atoms with van der Waals surface area (Å²) in [6.07, 6.45) is 33.7. The summed E-state index contributed by atoms with van der Waals surface area (Å²) in [5, 5.41) is 32.8. The van der Waals surface area contributed by atoms with E-state index in [1.54, 1.807) is 6.08 Å². The van der Waals surface area contributed by atoms with Crippen molar-refractivity contribution in [3.8, 4) is 0 Å². The number of unbranched alkanes of at least 4 members (excludes halogenated alkanes) is 23. The van der Waals surface area contributed by atoms with Crippen LogP contribution in [0.2, 0.25) is 0 Å². The summed E-state index contributed by atoms with van der Waals surface area (Å²) in [5.74, 6) is -0.504. The Balaban J connectivity index is 3.71. The summed E-state index contributed by atoms with van der Waals surface area (Å²) in [5.41, 5.74) is 0. The molecule has 1 amide bonds. The summed E-state index contributed by atoms with van der Waals surface area (Å²) in [7, 11) is 0. The standard InChI is InChI=1S/C35H69NO4/c1-3-5-7-9-11-13-15-16-17-18-19-20-22-24-26-28-30-34(39)35(40)36-32(31-37)33(38)29-27-25-23-21-14-12-10-8-6-4-2/h27,29,32-34,37-39H,3-26,28,30-31H2,1-2H3,(H,36,40)/b29-27+. The van der Waals surface area contributed by atoms with Crippen LogP contribution in [-0.4, -0.2) is 46.1 Å². The third-order valence-corrected chi connectivity index (χ3v) is 8.13. The SMILES string of the molecule is CCCCCCCCCC/C=C/C(O)C(CO)NC(=O)C(O)CCCCCCCCCCCCCCCCCC. The summed E-state index contributed by atoms with van der Waals surface area (Å²) in [6, 6.07) is -0.789. The molecule has 3 unspecified atom stereocenters. The van der Waals surface area contributed by atoms with Crippen LogP contribution in [0, 0.1) is 0 Å². The van der Waals surface area contributed by atoms with E-state index >= 15 is 0 Å². The molecule has 4 N–H and O–H groups in total. The average molecular weight is 568 g/mol. The van der Waals surface area contributed by atoms with E-state index in [1.807, 2.05) is 6.08 Å². The zero-order valence-corrected chi connectivity index (χ0v) is 26.7. The van der Waals surface area contributed by atoms with Crippen molar-refractivity contribution in [3.05, 3.63) is 12.2 Å². The van der Waals surface area contributed by atoms with E-state index in [1.165, 1.54) is 128 Å². The van der Waals surface area contributed by atoms with Gasteiger partial charge in [-0.2, -0.15) is 0 Å². The largest absolute Gasteiger partial charge is 0.394 e. The lowest BCUT2D eigenvalue weighted by Gasteiger charge is -2.21. The molecule has 0 aromatic heterocycles. The molecular weight excluding hydrogens is 498 g/mol. The van der Waals surface area contributed by atoms with Gasteiger partial charge in [0, 0.05) is 0 Å². The lowest BCUT2D eigenvalue weighted by atomic mass is 10.0. The highest BCUT2D eigenvalue weighted by Crippen LogP contribution is 2.15. The zero-order valence-electron chi connectivity index (χ0n) is 26.7. The van der Waals surface area contributed by atoms with Crippen LogP contribution >= 0.6 is 0 Å². The maximum Gasteiger partial charge on any atom is 0.249 e. The Labute approximate surface area is 249 Å². The summed E-state index contributed by atoms with van der Waals surface area (Å²) in [6.45, 7) is 4.14. The third-order valence-electron chi connectivity index (χ3n) is 8.13. The van der Waals surface area contributed by atoms with Crippen LogP contribution in [0.4, 0.5) is 0 Å². The number of hydrogen-bond acceptors (Lipinski definition) is 4. The highest BCUT2D eigenvalue weighted by atomic mass is 16.3. The fourth-order valence-electron chi connectivity index (χ4n) is 5.30. The number of carbonyl (C=O) groups excluding carboxylic acids is 1. The number of aliphatic hydroxyl groups excluding tert-OH is 3. The Kier molecular flexibility index (Phi) is 30.3. The minimum atomic E-state index is -1.09. The van der Waals surface area contributed by atoms with Gasteiger partial charge in [-0.25, -0.2) is 0 Å². The van der Waals surface area contributed by atoms with E-state index in [9.17, 15) is 20.1 Å². The number of aliphatic hydroxyl groups is 3. The number of amides is 1. The normalized spacial score (nSPS) is 14.0. The summed E-state index contributed by atoms with van der Waals surface area (Å²) in [4.78, 5) is 12.3. The summed E-state index contributed by atoms with van der Waals surface area (Å²) >= 11 is 0. The van der Waals surface area contributed by atoms with Crippen molar-refractivity contribution < 1.29 is 20.1 Å². The van der Waals surface area contributed by atoms with Crippen LogP contribution in [0.3, 0.4) is 0 Å². The number of nitrogens with one attached hydrogen (secondary N) is 1. The van der Waals surface area contributed by atoms with Gasteiger partial charge in [-0.05, 0) is 19.3 Å². The summed E-state index contributed by atoms with van der Waals surface area (Å²) < 4.78 is 0. The average Bonchev–Trinajstić information content (AvgIpc) is 2.96. The molecule has 0 aliphatic carbocycles. The fraction of sp³-hybridized carbons (Fsp3) is 0.914. The van der Waals surface area contributed by atoms with E-state index in [-0.39, 0.29) is 6.61 Å². The van der Waals surface area contributed by atoms with Gasteiger partial charge < -0.3 is 20.6 Å². The molecule has 0 heterocycles. The predicted molar refractivity (Wildman–Crippen MR) is 172 cm³/mol. The highest BCUT2D eigenvalue weighted by molar-refractivity contribution is 5.80. The second-order valence-corrected chi connectivity index (χ2v) is 12.1. The lowest BCUT2D eigenvalue weighted by molar-refractivity contribution is -0.131. The Hall–Kier alpha value is -0.910. The zero-order chi connectivity index (χ0) is 29.5. The van der Waals surface area contributed by atoms with Crippen molar-refractivity contribution >= 4 is 5.91 Å². The van der Waals surface area contributed by atoms with Gasteiger partial charge in [0.1, 0.15) is 6.10 Å². The molecule has 5 nitrogen and oxygen atoms in total. The Morgan fingerprint density at radius 3 is 1.38 bits per heavy atom. The molecular formula is C35H69NO4.